The summed E-state index contributed by atoms with van der Waals surface area (Å²) in [6.45, 7) is 9.10. The van der Waals surface area contributed by atoms with Crippen molar-refractivity contribution in [1.29, 1.82) is 0 Å². The fraction of sp³-hybridized carbons (Fsp3) is 0.421. The number of rotatable bonds is 3. The van der Waals surface area contributed by atoms with Crippen LogP contribution in [0.25, 0.3) is 4.96 Å². The number of piperazine rings is 1. The van der Waals surface area contributed by atoms with Gasteiger partial charge in [0.1, 0.15) is 11.5 Å². The summed E-state index contributed by atoms with van der Waals surface area (Å²) in [7, 11) is 0. The highest BCUT2D eigenvalue weighted by molar-refractivity contribution is 7.15. The minimum Gasteiger partial charge on any atom is -0.466 e. The number of fused-ring (bicyclic) bond motifs is 1. The second kappa shape index (κ2) is 6.94. The highest BCUT2D eigenvalue weighted by Gasteiger charge is 2.27. The Kier molecular flexibility index (Phi) is 4.61. The minimum absolute atomic E-state index is 0.0397. The summed E-state index contributed by atoms with van der Waals surface area (Å²) in [5.74, 6) is 1.53. The van der Waals surface area contributed by atoms with Gasteiger partial charge in [0.25, 0.3) is 11.5 Å². The summed E-state index contributed by atoms with van der Waals surface area (Å²) < 4.78 is 7.16. The zero-order chi connectivity index (χ0) is 19.1. The number of amides is 1. The van der Waals surface area contributed by atoms with Gasteiger partial charge in [-0.1, -0.05) is 0 Å². The summed E-state index contributed by atoms with van der Waals surface area (Å²) in [6.07, 6.45) is 1.74. The molecule has 3 aromatic rings. The van der Waals surface area contributed by atoms with Crippen molar-refractivity contribution in [2.75, 3.05) is 26.2 Å². The molecule has 3 aromatic heterocycles. The summed E-state index contributed by atoms with van der Waals surface area (Å²) in [6, 6.07) is 1.60. The first-order valence-corrected chi connectivity index (χ1v) is 9.86. The standard InChI is InChI=1S/C19H22N4O3S/c1-12-13(2)26-14(3)17(12)18(25)22-6-4-21(5-7-22)11-15-10-16(24)23-8-9-27-19(23)20-15/h8-10H,4-7,11H2,1-3H3. The van der Waals surface area contributed by atoms with Gasteiger partial charge in [0.2, 0.25) is 0 Å². The first-order valence-electron chi connectivity index (χ1n) is 8.98. The Morgan fingerprint density at radius 2 is 1.93 bits per heavy atom. The number of nitrogens with zero attached hydrogens (tertiary/aromatic N) is 4. The molecule has 0 unspecified atom stereocenters. The summed E-state index contributed by atoms with van der Waals surface area (Å²) in [5.41, 5.74) is 2.35. The number of hydrogen-bond acceptors (Lipinski definition) is 6. The largest absolute Gasteiger partial charge is 0.466 e. The average molecular weight is 386 g/mol. The highest BCUT2D eigenvalue weighted by atomic mass is 32.1. The molecule has 0 radical (unpaired) electrons. The maximum Gasteiger partial charge on any atom is 0.258 e. The van der Waals surface area contributed by atoms with E-state index in [1.165, 1.54) is 11.3 Å². The lowest BCUT2D eigenvalue weighted by Gasteiger charge is -2.34. The Morgan fingerprint density at radius 3 is 2.59 bits per heavy atom. The molecule has 0 N–H and O–H groups in total. The van der Waals surface area contributed by atoms with Crippen LogP contribution in [0.3, 0.4) is 0 Å². The average Bonchev–Trinajstić information content (AvgIpc) is 3.20. The molecule has 1 saturated heterocycles. The van der Waals surface area contributed by atoms with E-state index in [0.717, 1.165) is 30.1 Å². The van der Waals surface area contributed by atoms with Crippen molar-refractivity contribution in [2.24, 2.45) is 0 Å². The molecule has 27 heavy (non-hydrogen) atoms. The van der Waals surface area contributed by atoms with Crippen molar-refractivity contribution in [3.05, 3.63) is 56.3 Å². The summed E-state index contributed by atoms with van der Waals surface area (Å²) >= 11 is 1.46. The van der Waals surface area contributed by atoms with E-state index >= 15 is 0 Å². The molecule has 0 saturated carbocycles. The van der Waals surface area contributed by atoms with E-state index in [1.807, 2.05) is 31.1 Å². The molecule has 0 bridgehead atoms. The third-order valence-corrected chi connectivity index (χ3v) is 5.93. The molecular formula is C19H22N4O3S. The zero-order valence-corrected chi connectivity index (χ0v) is 16.5. The van der Waals surface area contributed by atoms with E-state index in [1.54, 1.807) is 16.7 Å². The van der Waals surface area contributed by atoms with Gasteiger partial charge >= 0.3 is 0 Å². The number of thiazole rings is 1. The fourth-order valence-electron chi connectivity index (χ4n) is 3.57. The molecule has 0 aliphatic carbocycles. The van der Waals surface area contributed by atoms with Gasteiger partial charge in [0.05, 0.1) is 11.3 Å². The number of hydrogen-bond donors (Lipinski definition) is 0. The quantitative estimate of drug-likeness (QED) is 0.690. The molecule has 1 aliphatic rings. The van der Waals surface area contributed by atoms with Crippen LogP contribution >= 0.6 is 11.3 Å². The Morgan fingerprint density at radius 1 is 1.19 bits per heavy atom. The van der Waals surface area contributed by atoms with Gasteiger partial charge in [-0.2, -0.15) is 0 Å². The van der Waals surface area contributed by atoms with Crippen molar-refractivity contribution in [1.82, 2.24) is 19.2 Å². The van der Waals surface area contributed by atoms with Crippen molar-refractivity contribution in [3.8, 4) is 0 Å². The van der Waals surface area contributed by atoms with Crippen molar-refractivity contribution < 1.29 is 9.21 Å². The van der Waals surface area contributed by atoms with Crippen LogP contribution in [0.1, 0.15) is 33.1 Å². The third kappa shape index (κ3) is 3.30. The Hall–Kier alpha value is -2.45. The summed E-state index contributed by atoms with van der Waals surface area (Å²) in [4.78, 5) is 34.4. The monoisotopic (exact) mass is 386 g/mol. The molecule has 1 aliphatic heterocycles. The van der Waals surface area contributed by atoms with Crippen LogP contribution in [0.5, 0.6) is 0 Å². The predicted octanol–water partition coefficient (Wildman–Crippen LogP) is 2.23. The van der Waals surface area contributed by atoms with Gasteiger partial charge in [-0.3, -0.25) is 18.9 Å². The van der Waals surface area contributed by atoms with E-state index in [0.29, 0.717) is 35.9 Å². The van der Waals surface area contributed by atoms with Crippen molar-refractivity contribution in [2.45, 2.75) is 27.3 Å². The van der Waals surface area contributed by atoms with Crippen LogP contribution in [0, 0.1) is 20.8 Å². The third-order valence-electron chi connectivity index (χ3n) is 5.18. The number of furan rings is 1. The Balaban J connectivity index is 1.42. The Labute approximate surface area is 160 Å². The number of aromatic nitrogens is 2. The minimum atomic E-state index is -0.0497. The molecule has 0 atom stereocenters. The molecule has 1 amide bonds. The van der Waals surface area contributed by atoms with Gasteiger partial charge < -0.3 is 9.32 Å². The topological polar surface area (TPSA) is 71.1 Å². The molecule has 4 heterocycles. The van der Waals surface area contributed by atoms with Gasteiger partial charge in [-0.05, 0) is 20.8 Å². The molecule has 1 fully saturated rings. The molecule has 0 spiro atoms. The van der Waals surface area contributed by atoms with E-state index < -0.39 is 0 Å². The van der Waals surface area contributed by atoms with E-state index in [4.69, 9.17) is 4.42 Å². The SMILES string of the molecule is Cc1oc(C)c(C(=O)N2CCN(Cc3cc(=O)n4ccsc4n3)CC2)c1C. The normalized spacial score (nSPS) is 15.6. The van der Waals surface area contributed by atoms with E-state index in [9.17, 15) is 9.59 Å². The molecule has 7 nitrogen and oxygen atoms in total. The van der Waals surface area contributed by atoms with Crippen LogP contribution in [0.15, 0.2) is 26.9 Å². The number of carbonyl (C=O) groups is 1. The molecule has 4 rings (SSSR count). The van der Waals surface area contributed by atoms with Crippen molar-refractivity contribution >= 4 is 22.2 Å². The second-order valence-electron chi connectivity index (χ2n) is 6.92. The molecule has 142 valence electrons. The van der Waals surface area contributed by atoms with E-state index in [2.05, 4.69) is 9.88 Å². The van der Waals surface area contributed by atoms with Gasteiger partial charge in [-0.25, -0.2) is 4.98 Å². The zero-order valence-electron chi connectivity index (χ0n) is 15.7. The summed E-state index contributed by atoms with van der Waals surface area (Å²) in [5, 5.41) is 1.86. The van der Waals surface area contributed by atoms with Crippen LogP contribution in [-0.4, -0.2) is 51.3 Å². The predicted molar refractivity (Wildman–Crippen MR) is 103 cm³/mol. The van der Waals surface area contributed by atoms with E-state index in [-0.39, 0.29) is 11.5 Å². The Bertz CT molecular complexity index is 1060. The lowest BCUT2D eigenvalue weighted by Crippen LogP contribution is -2.48. The van der Waals surface area contributed by atoms with Crippen LogP contribution < -0.4 is 5.56 Å². The molecule has 8 heteroatoms. The maximum absolute atomic E-state index is 12.9. The molecule has 0 aromatic carbocycles. The number of carbonyl (C=O) groups excluding carboxylic acids is 1. The lowest BCUT2D eigenvalue weighted by molar-refractivity contribution is 0.0625. The van der Waals surface area contributed by atoms with Crippen LogP contribution in [0.2, 0.25) is 0 Å². The van der Waals surface area contributed by atoms with Crippen molar-refractivity contribution in [3.63, 3.8) is 0 Å². The van der Waals surface area contributed by atoms with Crippen LogP contribution in [0.4, 0.5) is 0 Å². The first kappa shape index (κ1) is 17.9. The smallest absolute Gasteiger partial charge is 0.258 e. The number of aryl methyl sites for hydroxylation is 2. The second-order valence-corrected chi connectivity index (χ2v) is 7.80. The maximum atomic E-state index is 12.9. The lowest BCUT2D eigenvalue weighted by atomic mass is 10.1. The fourth-order valence-corrected chi connectivity index (χ4v) is 4.31. The highest BCUT2D eigenvalue weighted by Crippen LogP contribution is 2.23. The molecular weight excluding hydrogens is 364 g/mol. The van der Waals surface area contributed by atoms with Gasteiger partial charge in [0, 0.05) is 55.9 Å². The van der Waals surface area contributed by atoms with Crippen LogP contribution in [-0.2, 0) is 6.54 Å². The first-order chi connectivity index (χ1) is 12.9. The van der Waals surface area contributed by atoms with Gasteiger partial charge in [0.15, 0.2) is 4.96 Å². The van der Waals surface area contributed by atoms with Gasteiger partial charge in [-0.15, -0.1) is 11.3 Å².